The highest BCUT2D eigenvalue weighted by Gasteiger charge is 2.25. The molecule has 2 heterocycles. The minimum absolute atomic E-state index is 0.0871. The second kappa shape index (κ2) is 8.26. The quantitative estimate of drug-likeness (QED) is 0.490. The van der Waals surface area contributed by atoms with E-state index in [0.717, 1.165) is 34.1 Å². The van der Waals surface area contributed by atoms with Gasteiger partial charge in [-0.2, -0.15) is 0 Å². The summed E-state index contributed by atoms with van der Waals surface area (Å²) >= 11 is 0. The largest absolute Gasteiger partial charge is 0.358 e. The second-order valence-corrected chi connectivity index (χ2v) is 9.71. The first-order valence-electron chi connectivity index (χ1n) is 10.5. The van der Waals surface area contributed by atoms with Gasteiger partial charge in [-0.15, -0.1) is 0 Å². The van der Waals surface area contributed by atoms with E-state index in [1.165, 1.54) is 12.1 Å². The molecule has 0 aliphatic carbocycles. The van der Waals surface area contributed by atoms with Gasteiger partial charge < -0.3 is 9.88 Å². The Bertz CT molecular complexity index is 1390. The third kappa shape index (κ3) is 3.92. The van der Waals surface area contributed by atoms with E-state index in [0.29, 0.717) is 18.7 Å². The molecule has 0 saturated carbocycles. The number of aromatic nitrogens is 1. The second-order valence-electron chi connectivity index (χ2n) is 7.94. The fraction of sp³-hybridized carbons (Fsp3) is 0.160. The van der Waals surface area contributed by atoms with Crippen LogP contribution < -0.4 is 4.72 Å². The van der Waals surface area contributed by atoms with Crippen molar-refractivity contribution in [1.29, 1.82) is 0 Å². The first-order valence-corrected chi connectivity index (χ1v) is 12.0. The van der Waals surface area contributed by atoms with Crippen LogP contribution in [0.2, 0.25) is 0 Å². The minimum Gasteiger partial charge on any atom is -0.358 e. The summed E-state index contributed by atoms with van der Waals surface area (Å²) in [7, 11) is -3.74. The molecule has 162 valence electrons. The van der Waals surface area contributed by atoms with E-state index in [1.54, 1.807) is 17.0 Å². The molecule has 32 heavy (non-hydrogen) atoms. The van der Waals surface area contributed by atoms with Crippen molar-refractivity contribution in [1.82, 2.24) is 14.6 Å². The Kier molecular flexibility index (Phi) is 5.28. The Hall–Kier alpha value is -3.42. The Labute approximate surface area is 186 Å². The molecule has 7 heteroatoms. The summed E-state index contributed by atoms with van der Waals surface area (Å²) in [5, 5.41) is 1.13. The van der Waals surface area contributed by atoms with Gasteiger partial charge in [0.25, 0.3) is 5.91 Å². The molecule has 2 N–H and O–H groups in total. The van der Waals surface area contributed by atoms with Crippen molar-refractivity contribution in [2.45, 2.75) is 24.4 Å². The van der Waals surface area contributed by atoms with Crippen LogP contribution in [0.5, 0.6) is 0 Å². The summed E-state index contributed by atoms with van der Waals surface area (Å²) in [6, 6.07) is 23.7. The number of benzene rings is 3. The lowest BCUT2D eigenvalue weighted by Crippen LogP contribution is -2.36. The molecule has 0 atom stereocenters. The van der Waals surface area contributed by atoms with Crippen molar-refractivity contribution >= 4 is 26.8 Å². The van der Waals surface area contributed by atoms with Crippen LogP contribution in [0.4, 0.5) is 0 Å². The molecule has 1 aliphatic heterocycles. The maximum Gasteiger partial charge on any atom is 0.254 e. The third-order valence-corrected chi connectivity index (χ3v) is 7.27. The number of H-pyrrole nitrogens is 1. The molecule has 0 saturated heterocycles. The zero-order valence-corrected chi connectivity index (χ0v) is 18.2. The van der Waals surface area contributed by atoms with Gasteiger partial charge in [-0.1, -0.05) is 54.6 Å². The molecule has 3 aromatic carbocycles. The molecule has 0 unspecified atom stereocenters. The predicted octanol–water partition coefficient (Wildman–Crippen LogP) is 3.84. The number of carbonyl (C=O) groups is 1. The third-order valence-electron chi connectivity index (χ3n) is 5.87. The molecule has 1 aromatic heterocycles. The number of nitrogens with zero attached hydrogens (tertiary/aromatic N) is 1. The SMILES string of the molecule is O=C(c1cccc(S(=O)(=O)NCc2ccccc2)c1)N1CCc2[nH]c3ccccc3c2C1. The summed E-state index contributed by atoms with van der Waals surface area (Å²) in [5.74, 6) is -0.166. The summed E-state index contributed by atoms with van der Waals surface area (Å²) in [5.41, 5.74) is 4.61. The van der Waals surface area contributed by atoms with Crippen LogP contribution in [0.15, 0.2) is 83.8 Å². The van der Waals surface area contributed by atoms with Crippen LogP contribution in [0.1, 0.15) is 27.2 Å². The first-order chi connectivity index (χ1) is 15.5. The number of fused-ring (bicyclic) bond motifs is 3. The smallest absolute Gasteiger partial charge is 0.254 e. The molecule has 4 aromatic rings. The van der Waals surface area contributed by atoms with Gasteiger partial charge in [-0.3, -0.25) is 4.79 Å². The van der Waals surface area contributed by atoms with Crippen LogP contribution in [-0.2, 0) is 29.5 Å². The van der Waals surface area contributed by atoms with Crippen molar-refractivity contribution in [2.24, 2.45) is 0 Å². The molecule has 6 nitrogen and oxygen atoms in total. The number of aromatic amines is 1. The van der Waals surface area contributed by atoms with Gasteiger partial charge in [0.15, 0.2) is 0 Å². The zero-order chi connectivity index (χ0) is 22.1. The van der Waals surface area contributed by atoms with Gasteiger partial charge >= 0.3 is 0 Å². The fourth-order valence-electron chi connectivity index (χ4n) is 4.18. The van der Waals surface area contributed by atoms with Gasteiger partial charge in [-0.25, -0.2) is 13.1 Å². The average molecular weight is 446 g/mol. The van der Waals surface area contributed by atoms with Crippen molar-refractivity contribution in [3.05, 3.63) is 101 Å². The molecular formula is C25H23N3O3S. The number of carbonyl (C=O) groups excluding carboxylic acids is 1. The summed E-state index contributed by atoms with van der Waals surface area (Å²) in [4.78, 5) is 18.5. The van der Waals surface area contributed by atoms with Crippen molar-refractivity contribution in [3.63, 3.8) is 0 Å². The number of hydrogen-bond acceptors (Lipinski definition) is 3. The molecular weight excluding hydrogens is 422 g/mol. The number of hydrogen-bond donors (Lipinski definition) is 2. The standard InChI is InChI=1S/C25H23N3O3S/c29-25(28-14-13-24-22(17-28)21-11-4-5-12-23(21)27-24)19-9-6-10-20(15-19)32(30,31)26-16-18-7-2-1-3-8-18/h1-12,15,26-27H,13-14,16-17H2. The number of rotatable bonds is 5. The molecule has 0 spiro atoms. The molecule has 0 fully saturated rings. The minimum atomic E-state index is -3.74. The van der Waals surface area contributed by atoms with E-state index in [-0.39, 0.29) is 17.3 Å². The number of sulfonamides is 1. The van der Waals surface area contributed by atoms with Gasteiger partial charge in [0.05, 0.1) is 4.90 Å². The topological polar surface area (TPSA) is 82.3 Å². The van der Waals surface area contributed by atoms with Crippen LogP contribution in [0.3, 0.4) is 0 Å². The van der Waals surface area contributed by atoms with E-state index < -0.39 is 10.0 Å². The van der Waals surface area contributed by atoms with E-state index in [1.807, 2.05) is 48.5 Å². The lowest BCUT2D eigenvalue weighted by atomic mass is 10.0. The predicted molar refractivity (Wildman–Crippen MR) is 124 cm³/mol. The highest BCUT2D eigenvalue weighted by atomic mass is 32.2. The molecule has 1 amide bonds. The average Bonchev–Trinajstić information content (AvgIpc) is 3.21. The monoisotopic (exact) mass is 445 g/mol. The van der Waals surface area contributed by atoms with E-state index in [9.17, 15) is 13.2 Å². The number of nitrogens with one attached hydrogen (secondary N) is 2. The molecule has 0 bridgehead atoms. The molecule has 1 aliphatic rings. The number of para-hydroxylation sites is 1. The highest BCUT2D eigenvalue weighted by molar-refractivity contribution is 7.89. The van der Waals surface area contributed by atoms with Crippen molar-refractivity contribution in [3.8, 4) is 0 Å². The summed E-state index contributed by atoms with van der Waals surface area (Å²) < 4.78 is 28.2. The Morgan fingerprint density at radius 3 is 2.59 bits per heavy atom. The van der Waals surface area contributed by atoms with E-state index in [2.05, 4.69) is 15.8 Å². The maximum absolute atomic E-state index is 13.2. The summed E-state index contributed by atoms with van der Waals surface area (Å²) in [6.45, 7) is 1.28. The van der Waals surface area contributed by atoms with Crippen LogP contribution in [0, 0.1) is 0 Å². The van der Waals surface area contributed by atoms with Crippen LogP contribution >= 0.6 is 0 Å². The van der Waals surface area contributed by atoms with Crippen LogP contribution in [0.25, 0.3) is 10.9 Å². The first kappa shape index (κ1) is 20.5. The maximum atomic E-state index is 13.2. The zero-order valence-electron chi connectivity index (χ0n) is 17.4. The highest BCUT2D eigenvalue weighted by Crippen LogP contribution is 2.28. The van der Waals surface area contributed by atoms with Gasteiger partial charge in [0, 0.05) is 53.8 Å². The van der Waals surface area contributed by atoms with Crippen molar-refractivity contribution in [2.75, 3.05) is 6.54 Å². The van der Waals surface area contributed by atoms with Gasteiger partial charge in [0.2, 0.25) is 10.0 Å². The Morgan fingerprint density at radius 1 is 0.969 bits per heavy atom. The Morgan fingerprint density at radius 2 is 1.75 bits per heavy atom. The van der Waals surface area contributed by atoms with E-state index in [4.69, 9.17) is 0 Å². The fourth-order valence-corrected chi connectivity index (χ4v) is 5.24. The lowest BCUT2D eigenvalue weighted by Gasteiger charge is -2.27. The van der Waals surface area contributed by atoms with Crippen LogP contribution in [-0.4, -0.2) is 30.8 Å². The van der Waals surface area contributed by atoms with Gasteiger partial charge in [0.1, 0.15) is 0 Å². The van der Waals surface area contributed by atoms with Crippen molar-refractivity contribution < 1.29 is 13.2 Å². The summed E-state index contributed by atoms with van der Waals surface area (Å²) in [6.07, 6.45) is 0.742. The number of amides is 1. The van der Waals surface area contributed by atoms with E-state index >= 15 is 0 Å². The molecule has 5 rings (SSSR count). The normalized spacial score (nSPS) is 13.8. The lowest BCUT2D eigenvalue weighted by molar-refractivity contribution is 0.0735. The molecule has 0 radical (unpaired) electrons. The Balaban J connectivity index is 1.35. The van der Waals surface area contributed by atoms with Gasteiger partial charge in [-0.05, 0) is 29.8 Å².